The maximum absolute atomic E-state index is 12.8. The van der Waals surface area contributed by atoms with E-state index in [1.807, 2.05) is 24.3 Å². The number of nitrogens with zero attached hydrogens (tertiary/aromatic N) is 1. The van der Waals surface area contributed by atoms with Crippen LogP contribution in [0.5, 0.6) is 5.75 Å². The summed E-state index contributed by atoms with van der Waals surface area (Å²) in [5.74, 6) is 0.677. The zero-order valence-corrected chi connectivity index (χ0v) is 13.0. The van der Waals surface area contributed by atoms with Crippen molar-refractivity contribution in [1.29, 1.82) is 0 Å². The van der Waals surface area contributed by atoms with Crippen LogP contribution in [-0.2, 0) is 10.0 Å². The summed E-state index contributed by atoms with van der Waals surface area (Å²) in [6.45, 7) is 1.51. The lowest BCUT2D eigenvalue weighted by Gasteiger charge is -2.35. The van der Waals surface area contributed by atoms with Gasteiger partial charge in [0.2, 0.25) is 5.09 Å². The first-order chi connectivity index (χ1) is 10.6. The van der Waals surface area contributed by atoms with Crippen LogP contribution in [0.4, 0.5) is 0 Å². The maximum Gasteiger partial charge on any atom is 0.277 e. The molecule has 1 aliphatic heterocycles. The highest BCUT2D eigenvalue weighted by Crippen LogP contribution is 2.33. The fraction of sp³-hybridized carbons (Fsp3) is 0.333. The summed E-state index contributed by atoms with van der Waals surface area (Å²) >= 11 is 0. The molecule has 1 atom stereocenters. The summed E-state index contributed by atoms with van der Waals surface area (Å²) in [5, 5.41) is 3.21. The van der Waals surface area contributed by atoms with Crippen molar-refractivity contribution >= 4 is 10.0 Å². The lowest BCUT2D eigenvalue weighted by Crippen LogP contribution is -2.48. The Hall–Kier alpha value is -1.83. The lowest BCUT2D eigenvalue weighted by molar-refractivity contribution is 0.258. The van der Waals surface area contributed by atoms with Crippen LogP contribution in [0.2, 0.25) is 0 Å². The molecule has 0 amide bonds. The van der Waals surface area contributed by atoms with Gasteiger partial charge in [0.1, 0.15) is 5.75 Å². The Balaban J connectivity index is 2.02. The van der Waals surface area contributed by atoms with E-state index in [2.05, 4.69) is 5.32 Å². The normalized spacial score (nSPS) is 20.0. The van der Waals surface area contributed by atoms with Gasteiger partial charge >= 0.3 is 0 Å². The Kier molecular flexibility index (Phi) is 4.19. The van der Waals surface area contributed by atoms with E-state index in [9.17, 15) is 8.42 Å². The van der Waals surface area contributed by atoms with Gasteiger partial charge in [-0.15, -0.1) is 0 Å². The first-order valence-corrected chi connectivity index (χ1v) is 8.47. The van der Waals surface area contributed by atoms with E-state index in [0.717, 1.165) is 5.56 Å². The Morgan fingerprint density at radius 3 is 2.82 bits per heavy atom. The van der Waals surface area contributed by atoms with Gasteiger partial charge in [-0.3, -0.25) is 0 Å². The Morgan fingerprint density at radius 1 is 1.27 bits per heavy atom. The molecular formula is C15H18N2O4S. The minimum Gasteiger partial charge on any atom is -0.496 e. The highest BCUT2D eigenvalue weighted by molar-refractivity contribution is 7.89. The van der Waals surface area contributed by atoms with Crippen LogP contribution in [-0.4, -0.2) is 39.5 Å². The van der Waals surface area contributed by atoms with Gasteiger partial charge < -0.3 is 14.5 Å². The van der Waals surface area contributed by atoms with E-state index in [4.69, 9.17) is 9.15 Å². The van der Waals surface area contributed by atoms with Crippen molar-refractivity contribution in [3.8, 4) is 5.75 Å². The van der Waals surface area contributed by atoms with Gasteiger partial charge in [-0.2, -0.15) is 4.31 Å². The molecule has 1 fully saturated rings. The van der Waals surface area contributed by atoms with Crippen LogP contribution >= 0.6 is 0 Å². The monoisotopic (exact) mass is 322 g/mol. The molecule has 0 bridgehead atoms. The topological polar surface area (TPSA) is 71.8 Å². The van der Waals surface area contributed by atoms with Crippen LogP contribution in [0.25, 0.3) is 0 Å². The maximum atomic E-state index is 12.8. The number of piperazine rings is 1. The highest BCUT2D eigenvalue weighted by Gasteiger charge is 2.37. The molecule has 6 nitrogen and oxygen atoms in total. The third-order valence-electron chi connectivity index (χ3n) is 3.75. The van der Waals surface area contributed by atoms with Crippen molar-refractivity contribution in [3.63, 3.8) is 0 Å². The Labute approximate surface area is 129 Å². The van der Waals surface area contributed by atoms with Gasteiger partial charge in [-0.1, -0.05) is 18.2 Å². The molecule has 7 heteroatoms. The largest absolute Gasteiger partial charge is 0.496 e. The van der Waals surface area contributed by atoms with Crippen molar-refractivity contribution in [3.05, 3.63) is 48.2 Å². The standard InChI is InChI=1S/C15H18N2O4S/c1-20-14-6-3-2-5-12(14)13-11-16-8-9-17(13)22(18,19)15-7-4-10-21-15/h2-7,10,13,16H,8-9,11H2,1H3. The SMILES string of the molecule is COc1ccccc1C1CNCCN1S(=O)(=O)c1ccco1. The van der Waals surface area contributed by atoms with E-state index >= 15 is 0 Å². The third kappa shape index (κ3) is 2.63. The average Bonchev–Trinajstić information content (AvgIpc) is 3.10. The van der Waals surface area contributed by atoms with Crippen LogP contribution in [0.1, 0.15) is 11.6 Å². The van der Waals surface area contributed by atoms with Gasteiger partial charge in [0.25, 0.3) is 10.0 Å². The van der Waals surface area contributed by atoms with Crippen molar-refractivity contribution in [1.82, 2.24) is 9.62 Å². The molecule has 0 saturated carbocycles. The van der Waals surface area contributed by atoms with E-state index < -0.39 is 10.0 Å². The second-order valence-electron chi connectivity index (χ2n) is 5.01. The summed E-state index contributed by atoms with van der Waals surface area (Å²) in [7, 11) is -2.09. The smallest absolute Gasteiger partial charge is 0.277 e. The summed E-state index contributed by atoms with van der Waals surface area (Å²) < 4.78 is 37.6. The van der Waals surface area contributed by atoms with Crippen molar-refractivity contribution in [2.24, 2.45) is 0 Å². The molecule has 0 spiro atoms. The summed E-state index contributed by atoms with van der Waals surface area (Å²) in [6.07, 6.45) is 1.37. The molecular weight excluding hydrogens is 304 g/mol. The molecule has 0 aliphatic carbocycles. The molecule has 1 saturated heterocycles. The van der Waals surface area contributed by atoms with Gasteiger partial charge in [0, 0.05) is 25.2 Å². The molecule has 1 N–H and O–H groups in total. The van der Waals surface area contributed by atoms with E-state index in [1.54, 1.807) is 13.2 Å². The Morgan fingerprint density at radius 2 is 2.09 bits per heavy atom. The van der Waals surface area contributed by atoms with Crippen LogP contribution in [0.15, 0.2) is 52.2 Å². The number of furan rings is 1. The molecule has 1 aromatic heterocycles. The number of benzene rings is 1. The summed E-state index contributed by atoms with van der Waals surface area (Å²) in [6, 6.07) is 10.2. The highest BCUT2D eigenvalue weighted by atomic mass is 32.2. The van der Waals surface area contributed by atoms with Gasteiger partial charge in [0.15, 0.2) is 0 Å². The van der Waals surface area contributed by atoms with Gasteiger partial charge in [0.05, 0.1) is 19.4 Å². The molecule has 1 aromatic carbocycles. The average molecular weight is 322 g/mol. The van der Waals surface area contributed by atoms with Gasteiger partial charge in [-0.05, 0) is 18.2 Å². The molecule has 2 aromatic rings. The number of ether oxygens (including phenoxy) is 1. The molecule has 118 valence electrons. The van der Waals surface area contributed by atoms with Crippen molar-refractivity contribution in [2.75, 3.05) is 26.7 Å². The number of hydrogen-bond donors (Lipinski definition) is 1. The van der Waals surface area contributed by atoms with Crippen LogP contribution in [0, 0.1) is 0 Å². The molecule has 1 unspecified atom stereocenters. The first kappa shape index (κ1) is 15.1. The number of methoxy groups -OCH3 is 1. The van der Waals surface area contributed by atoms with E-state index in [0.29, 0.717) is 25.4 Å². The number of sulfonamides is 1. The second-order valence-corrected chi connectivity index (χ2v) is 6.83. The predicted molar refractivity (Wildman–Crippen MR) is 81.2 cm³/mol. The minimum atomic E-state index is -3.67. The summed E-state index contributed by atoms with van der Waals surface area (Å²) in [4.78, 5) is 0. The van der Waals surface area contributed by atoms with Crippen molar-refractivity contribution < 1.29 is 17.6 Å². The fourth-order valence-electron chi connectivity index (χ4n) is 2.71. The minimum absolute atomic E-state index is 0.0331. The summed E-state index contributed by atoms with van der Waals surface area (Å²) in [5.41, 5.74) is 0.840. The predicted octanol–water partition coefficient (Wildman–Crippen LogP) is 1.62. The zero-order chi connectivity index (χ0) is 15.6. The van der Waals surface area contributed by atoms with E-state index in [-0.39, 0.29) is 11.1 Å². The number of rotatable bonds is 4. The third-order valence-corrected chi connectivity index (χ3v) is 5.55. The number of para-hydroxylation sites is 1. The Bertz CT molecular complexity index is 728. The quantitative estimate of drug-likeness (QED) is 0.926. The number of nitrogens with one attached hydrogen (secondary N) is 1. The molecule has 0 radical (unpaired) electrons. The lowest BCUT2D eigenvalue weighted by atomic mass is 10.0. The first-order valence-electron chi connectivity index (χ1n) is 7.03. The van der Waals surface area contributed by atoms with Crippen LogP contribution in [0.3, 0.4) is 0 Å². The van der Waals surface area contributed by atoms with Crippen LogP contribution < -0.4 is 10.1 Å². The number of hydrogen-bond acceptors (Lipinski definition) is 5. The van der Waals surface area contributed by atoms with Gasteiger partial charge in [-0.25, -0.2) is 8.42 Å². The molecule has 3 rings (SSSR count). The fourth-order valence-corrected chi connectivity index (χ4v) is 4.22. The molecule has 1 aliphatic rings. The molecule has 22 heavy (non-hydrogen) atoms. The van der Waals surface area contributed by atoms with Crippen molar-refractivity contribution in [2.45, 2.75) is 11.1 Å². The zero-order valence-electron chi connectivity index (χ0n) is 12.2. The second kappa shape index (κ2) is 6.12. The molecule has 2 heterocycles. The van der Waals surface area contributed by atoms with E-state index in [1.165, 1.54) is 16.6 Å².